The first-order valence-corrected chi connectivity index (χ1v) is 4.02. The van der Waals surface area contributed by atoms with E-state index in [-0.39, 0.29) is 6.42 Å². The molecule has 0 N–H and O–H groups in total. The Morgan fingerprint density at radius 3 is 2.46 bits per heavy atom. The normalized spacial score (nSPS) is 8.62. The number of rotatable bonds is 2. The minimum atomic E-state index is 0.0745. The third-order valence-electron chi connectivity index (χ3n) is 1.57. The Balaban J connectivity index is 3.02. The quantitative estimate of drug-likeness (QED) is 0.674. The van der Waals surface area contributed by atoms with Crippen LogP contribution < -0.4 is 0 Å². The molecule has 13 heavy (non-hydrogen) atoms. The molecule has 0 heterocycles. The number of hydrogen-bond acceptors (Lipinski definition) is 2. The summed E-state index contributed by atoms with van der Waals surface area (Å²) in [6.45, 7) is 0. The van der Waals surface area contributed by atoms with Crippen LogP contribution in [-0.4, -0.2) is 5.94 Å². The highest BCUT2D eigenvalue weighted by Crippen LogP contribution is 2.17. The van der Waals surface area contributed by atoms with E-state index < -0.39 is 0 Å². The number of allylic oxidation sites excluding steroid dienone is 1. The zero-order valence-corrected chi connectivity index (χ0v) is 7.51. The van der Waals surface area contributed by atoms with Gasteiger partial charge in [0.2, 0.25) is 0 Å². The topological polar surface area (TPSA) is 40.9 Å². The predicted molar refractivity (Wildman–Crippen MR) is 50.8 cm³/mol. The SMILES string of the molecule is N#CCC(=C=O)c1ccc(Cl)cc1. The molecule has 0 aromatic heterocycles. The smallest absolute Gasteiger partial charge is 0.129 e. The first-order chi connectivity index (χ1) is 6.27. The van der Waals surface area contributed by atoms with Gasteiger partial charge >= 0.3 is 0 Å². The van der Waals surface area contributed by atoms with Crippen molar-refractivity contribution in [2.45, 2.75) is 6.42 Å². The fraction of sp³-hybridized carbons (Fsp3) is 0.100. The Hall–Kier alpha value is -1.55. The molecule has 64 valence electrons. The molecule has 0 aliphatic heterocycles. The van der Waals surface area contributed by atoms with Gasteiger partial charge in [0.05, 0.1) is 18.1 Å². The van der Waals surface area contributed by atoms with Crippen molar-refractivity contribution in [2.75, 3.05) is 0 Å². The lowest BCUT2D eigenvalue weighted by atomic mass is 10.1. The maximum absolute atomic E-state index is 10.4. The molecule has 0 amide bonds. The second kappa shape index (κ2) is 4.47. The van der Waals surface area contributed by atoms with E-state index >= 15 is 0 Å². The van der Waals surface area contributed by atoms with Gasteiger partial charge in [-0.25, -0.2) is 4.79 Å². The van der Waals surface area contributed by atoms with Gasteiger partial charge < -0.3 is 0 Å². The Bertz CT molecular complexity index is 382. The van der Waals surface area contributed by atoms with Gasteiger partial charge in [0.25, 0.3) is 0 Å². The van der Waals surface area contributed by atoms with Gasteiger partial charge in [-0.1, -0.05) is 23.7 Å². The van der Waals surface area contributed by atoms with Gasteiger partial charge in [0.1, 0.15) is 5.94 Å². The van der Waals surface area contributed by atoms with Crippen LogP contribution in [0.2, 0.25) is 5.02 Å². The number of hydrogen-bond donors (Lipinski definition) is 0. The maximum atomic E-state index is 10.4. The molecular formula is C10H6ClNO. The van der Waals surface area contributed by atoms with Crippen molar-refractivity contribution in [3.63, 3.8) is 0 Å². The molecule has 0 aliphatic rings. The molecule has 1 aromatic carbocycles. The molecule has 0 saturated carbocycles. The molecule has 0 spiro atoms. The first-order valence-electron chi connectivity index (χ1n) is 3.65. The van der Waals surface area contributed by atoms with E-state index in [4.69, 9.17) is 16.9 Å². The average molecular weight is 192 g/mol. The largest absolute Gasteiger partial charge is 0.233 e. The standard InChI is InChI=1S/C10H6ClNO/c11-10-3-1-8(2-4-10)9(7-13)5-6-12/h1-4H,5H2. The molecule has 0 atom stereocenters. The Morgan fingerprint density at radius 2 is 2.00 bits per heavy atom. The summed E-state index contributed by atoms with van der Waals surface area (Å²) in [5.74, 6) is 1.74. The lowest BCUT2D eigenvalue weighted by Gasteiger charge is -1.97. The summed E-state index contributed by atoms with van der Waals surface area (Å²) >= 11 is 5.66. The molecule has 0 radical (unpaired) electrons. The molecule has 0 saturated heterocycles. The molecule has 0 unspecified atom stereocenters. The van der Waals surface area contributed by atoms with E-state index in [1.54, 1.807) is 30.2 Å². The molecule has 0 fully saturated rings. The number of halogens is 1. The van der Waals surface area contributed by atoms with Crippen LogP contribution in [0.3, 0.4) is 0 Å². The van der Waals surface area contributed by atoms with E-state index in [9.17, 15) is 4.79 Å². The highest BCUT2D eigenvalue weighted by molar-refractivity contribution is 6.30. The molecular weight excluding hydrogens is 186 g/mol. The second-order valence-corrected chi connectivity index (χ2v) is 2.86. The second-order valence-electron chi connectivity index (χ2n) is 2.42. The maximum Gasteiger partial charge on any atom is 0.129 e. The fourth-order valence-corrected chi connectivity index (χ4v) is 1.05. The lowest BCUT2D eigenvalue weighted by Crippen LogP contribution is -1.83. The average Bonchev–Trinajstić information content (AvgIpc) is 2.16. The van der Waals surface area contributed by atoms with Crippen LogP contribution in [-0.2, 0) is 4.79 Å². The van der Waals surface area contributed by atoms with Crippen molar-refractivity contribution < 1.29 is 4.79 Å². The highest BCUT2D eigenvalue weighted by Gasteiger charge is 2.01. The van der Waals surface area contributed by atoms with E-state index in [2.05, 4.69) is 0 Å². The molecule has 1 aromatic rings. The van der Waals surface area contributed by atoms with E-state index in [1.165, 1.54) is 0 Å². The number of benzene rings is 1. The third-order valence-corrected chi connectivity index (χ3v) is 1.82. The summed E-state index contributed by atoms with van der Waals surface area (Å²) in [5, 5.41) is 9.01. The summed E-state index contributed by atoms with van der Waals surface area (Å²) in [4.78, 5) is 10.4. The van der Waals surface area contributed by atoms with Crippen LogP contribution in [0.1, 0.15) is 12.0 Å². The van der Waals surface area contributed by atoms with Crippen LogP contribution in [0.5, 0.6) is 0 Å². The van der Waals surface area contributed by atoms with E-state index in [0.29, 0.717) is 16.2 Å². The van der Waals surface area contributed by atoms with Gasteiger partial charge in [0, 0.05) is 5.02 Å². The fourth-order valence-electron chi connectivity index (χ4n) is 0.927. The Kier molecular flexibility index (Phi) is 3.28. The van der Waals surface area contributed by atoms with Gasteiger partial charge in [-0.2, -0.15) is 5.26 Å². The summed E-state index contributed by atoms with van der Waals surface area (Å²) in [7, 11) is 0. The van der Waals surface area contributed by atoms with Crippen molar-refractivity contribution in [1.82, 2.24) is 0 Å². The van der Waals surface area contributed by atoms with Gasteiger partial charge in [-0.05, 0) is 17.7 Å². The van der Waals surface area contributed by atoms with Crippen LogP contribution in [0, 0.1) is 11.3 Å². The molecule has 1 rings (SSSR count). The molecule has 0 bridgehead atoms. The number of nitrogens with zero attached hydrogens (tertiary/aromatic N) is 1. The molecule has 0 aliphatic carbocycles. The van der Waals surface area contributed by atoms with Crippen LogP contribution >= 0.6 is 11.6 Å². The zero-order chi connectivity index (χ0) is 9.68. The highest BCUT2D eigenvalue weighted by atomic mass is 35.5. The Labute approximate surface area is 81.1 Å². The van der Waals surface area contributed by atoms with Crippen LogP contribution in [0.4, 0.5) is 0 Å². The summed E-state index contributed by atoms with van der Waals surface area (Å²) < 4.78 is 0. The summed E-state index contributed by atoms with van der Waals surface area (Å²) in [6, 6.07) is 8.63. The van der Waals surface area contributed by atoms with E-state index in [0.717, 1.165) is 0 Å². The van der Waals surface area contributed by atoms with E-state index in [1.807, 2.05) is 6.07 Å². The van der Waals surface area contributed by atoms with Crippen molar-refractivity contribution in [2.24, 2.45) is 0 Å². The monoisotopic (exact) mass is 191 g/mol. The van der Waals surface area contributed by atoms with Crippen molar-refractivity contribution >= 4 is 23.1 Å². The van der Waals surface area contributed by atoms with Crippen LogP contribution in [0.25, 0.3) is 5.57 Å². The summed E-state index contributed by atoms with van der Waals surface area (Å²) in [5.41, 5.74) is 1.06. The van der Waals surface area contributed by atoms with Gasteiger partial charge in [-0.15, -0.1) is 0 Å². The Morgan fingerprint density at radius 1 is 1.38 bits per heavy atom. The first kappa shape index (κ1) is 9.54. The van der Waals surface area contributed by atoms with Crippen molar-refractivity contribution in [1.29, 1.82) is 5.26 Å². The van der Waals surface area contributed by atoms with Crippen LogP contribution in [0.15, 0.2) is 24.3 Å². The summed E-state index contributed by atoms with van der Waals surface area (Å²) in [6.07, 6.45) is 0.0745. The van der Waals surface area contributed by atoms with Gasteiger partial charge in [-0.3, -0.25) is 0 Å². The molecule has 2 nitrogen and oxygen atoms in total. The number of nitriles is 1. The van der Waals surface area contributed by atoms with Gasteiger partial charge in [0.15, 0.2) is 0 Å². The minimum absolute atomic E-state index is 0.0745. The minimum Gasteiger partial charge on any atom is -0.233 e. The zero-order valence-electron chi connectivity index (χ0n) is 6.75. The molecule has 3 heteroatoms. The van der Waals surface area contributed by atoms with Crippen molar-refractivity contribution in [3.8, 4) is 6.07 Å². The van der Waals surface area contributed by atoms with Crippen molar-refractivity contribution in [3.05, 3.63) is 34.9 Å². The predicted octanol–water partition coefficient (Wildman–Crippen LogP) is 2.47. The number of carbonyl (C=O) groups excluding carboxylic acids is 1. The lowest BCUT2D eigenvalue weighted by molar-refractivity contribution is 0.569. The third kappa shape index (κ3) is 2.45.